The van der Waals surface area contributed by atoms with E-state index in [-0.39, 0.29) is 5.91 Å². The SMILES string of the molecule is Cn1ccnc1CNC(=O)c1cn(Cc2cccc3ccccc23)nn1. The Morgan fingerprint density at radius 3 is 2.85 bits per heavy atom. The van der Waals surface area contributed by atoms with Crippen LogP contribution in [0.1, 0.15) is 21.9 Å². The molecule has 0 aliphatic carbocycles. The van der Waals surface area contributed by atoms with Crippen molar-refractivity contribution in [1.29, 1.82) is 0 Å². The summed E-state index contributed by atoms with van der Waals surface area (Å²) >= 11 is 0. The number of aryl methyl sites for hydroxylation is 1. The minimum absolute atomic E-state index is 0.267. The molecule has 130 valence electrons. The number of rotatable bonds is 5. The molecule has 0 radical (unpaired) electrons. The van der Waals surface area contributed by atoms with Crippen LogP contribution in [0.5, 0.6) is 0 Å². The van der Waals surface area contributed by atoms with Crippen LogP contribution in [0.3, 0.4) is 0 Å². The van der Waals surface area contributed by atoms with Crippen molar-refractivity contribution in [2.45, 2.75) is 13.1 Å². The van der Waals surface area contributed by atoms with Gasteiger partial charge in [0.25, 0.3) is 5.91 Å². The lowest BCUT2D eigenvalue weighted by atomic mass is 10.0. The van der Waals surface area contributed by atoms with Crippen molar-refractivity contribution in [2.24, 2.45) is 7.05 Å². The summed E-state index contributed by atoms with van der Waals surface area (Å²) in [6, 6.07) is 14.4. The highest BCUT2D eigenvalue weighted by Crippen LogP contribution is 2.19. The molecule has 0 unspecified atom stereocenters. The van der Waals surface area contributed by atoms with Crippen molar-refractivity contribution >= 4 is 16.7 Å². The van der Waals surface area contributed by atoms with E-state index in [0.29, 0.717) is 18.8 Å². The van der Waals surface area contributed by atoms with Crippen LogP contribution in [0.25, 0.3) is 10.8 Å². The normalized spacial score (nSPS) is 11.0. The molecule has 4 rings (SSSR count). The van der Waals surface area contributed by atoms with E-state index in [9.17, 15) is 4.79 Å². The molecule has 0 aliphatic heterocycles. The maximum Gasteiger partial charge on any atom is 0.273 e. The molecule has 0 fully saturated rings. The second-order valence-corrected chi connectivity index (χ2v) is 6.08. The molecule has 7 nitrogen and oxygen atoms in total. The van der Waals surface area contributed by atoms with Crippen molar-refractivity contribution in [3.63, 3.8) is 0 Å². The molecule has 0 spiro atoms. The van der Waals surface area contributed by atoms with E-state index in [4.69, 9.17) is 0 Å². The van der Waals surface area contributed by atoms with E-state index >= 15 is 0 Å². The molecule has 0 bridgehead atoms. The van der Waals surface area contributed by atoms with Gasteiger partial charge in [0.1, 0.15) is 5.82 Å². The Kier molecular flexibility index (Phi) is 4.18. The van der Waals surface area contributed by atoms with E-state index < -0.39 is 0 Å². The topological polar surface area (TPSA) is 77.6 Å². The molecule has 0 saturated carbocycles. The lowest BCUT2D eigenvalue weighted by Gasteiger charge is -2.06. The predicted molar refractivity (Wildman–Crippen MR) is 97.5 cm³/mol. The monoisotopic (exact) mass is 346 g/mol. The van der Waals surface area contributed by atoms with Gasteiger partial charge in [-0.3, -0.25) is 4.79 Å². The third-order valence-corrected chi connectivity index (χ3v) is 4.31. The number of nitrogens with zero attached hydrogens (tertiary/aromatic N) is 5. The van der Waals surface area contributed by atoms with Gasteiger partial charge in [-0.1, -0.05) is 47.7 Å². The summed E-state index contributed by atoms with van der Waals surface area (Å²) < 4.78 is 3.54. The van der Waals surface area contributed by atoms with E-state index in [0.717, 1.165) is 11.4 Å². The minimum atomic E-state index is -0.267. The van der Waals surface area contributed by atoms with Crippen molar-refractivity contribution in [2.75, 3.05) is 0 Å². The van der Waals surface area contributed by atoms with Gasteiger partial charge in [-0.2, -0.15) is 0 Å². The summed E-state index contributed by atoms with van der Waals surface area (Å²) in [5, 5.41) is 13.2. The number of nitrogens with one attached hydrogen (secondary N) is 1. The summed E-state index contributed by atoms with van der Waals surface area (Å²) in [4.78, 5) is 16.4. The first-order valence-electron chi connectivity index (χ1n) is 8.32. The second kappa shape index (κ2) is 6.79. The molecule has 4 aromatic rings. The van der Waals surface area contributed by atoms with E-state index in [2.05, 4.69) is 44.9 Å². The van der Waals surface area contributed by atoms with Gasteiger partial charge in [-0.25, -0.2) is 9.67 Å². The fraction of sp³-hybridized carbons (Fsp3) is 0.158. The highest BCUT2D eigenvalue weighted by Gasteiger charge is 2.12. The van der Waals surface area contributed by atoms with Gasteiger partial charge in [0, 0.05) is 19.4 Å². The molecule has 2 aromatic carbocycles. The average Bonchev–Trinajstić information content (AvgIpc) is 3.29. The molecule has 7 heteroatoms. The highest BCUT2D eigenvalue weighted by molar-refractivity contribution is 5.91. The summed E-state index contributed by atoms with van der Waals surface area (Å²) in [7, 11) is 1.88. The molecular weight excluding hydrogens is 328 g/mol. The van der Waals surface area contributed by atoms with E-state index in [1.165, 1.54) is 10.8 Å². The molecular formula is C19H18N6O. The van der Waals surface area contributed by atoms with Gasteiger partial charge in [0.15, 0.2) is 5.69 Å². The number of benzene rings is 2. The number of hydrogen-bond acceptors (Lipinski definition) is 4. The van der Waals surface area contributed by atoms with Crippen LogP contribution < -0.4 is 5.32 Å². The van der Waals surface area contributed by atoms with Crippen LogP contribution in [-0.4, -0.2) is 30.5 Å². The zero-order valence-electron chi connectivity index (χ0n) is 14.3. The molecule has 0 saturated heterocycles. The van der Waals surface area contributed by atoms with Crippen LogP contribution in [0.15, 0.2) is 61.1 Å². The van der Waals surface area contributed by atoms with Gasteiger partial charge in [0.05, 0.1) is 19.3 Å². The fourth-order valence-electron chi connectivity index (χ4n) is 2.90. The quantitative estimate of drug-likeness (QED) is 0.601. The van der Waals surface area contributed by atoms with Crippen LogP contribution in [0.4, 0.5) is 0 Å². The average molecular weight is 346 g/mol. The lowest BCUT2D eigenvalue weighted by molar-refractivity contribution is 0.0944. The third-order valence-electron chi connectivity index (χ3n) is 4.31. The summed E-state index contributed by atoms with van der Waals surface area (Å²) in [6.07, 6.45) is 5.19. The zero-order chi connectivity index (χ0) is 17.9. The fourth-order valence-corrected chi connectivity index (χ4v) is 2.90. The minimum Gasteiger partial charge on any atom is -0.343 e. The Morgan fingerprint density at radius 1 is 1.15 bits per heavy atom. The van der Waals surface area contributed by atoms with E-state index in [1.807, 2.05) is 36.0 Å². The summed E-state index contributed by atoms with van der Waals surface area (Å²) in [5.74, 6) is 0.513. The highest BCUT2D eigenvalue weighted by atomic mass is 16.2. The van der Waals surface area contributed by atoms with Gasteiger partial charge in [0.2, 0.25) is 0 Å². The van der Waals surface area contributed by atoms with Crippen LogP contribution in [0.2, 0.25) is 0 Å². The maximum absolute atomic E-state index is 12.3. The molecule has 2 heterocycles. The largest absolute Gasteiger partial charge is 0.343 e. The van der Waals surface area contributed by atoms with Gasteiger partial charge in [-0.15, -0.1) is 5.10 Å². The number of hydrogen-bond donors (Lipinski definition) is 1. The molecule has 26 heavy (non-hydrogen) atoms. The van der Waals surface area contributed by atoms with Gasteiger partial charge in [-0.05, 0) is 16.3 Å². The molecule has 0 atom stereocenters. The molecule has 1 amide bonds. The zero-order valence-corrected chi connectivity index (χ0v) is 14.3. The lowest BCUT2D eigenvalue weighted by Crippen LogP contribution is -2.24. The summed E-state index contributed by atoms with van der Waals surface area (Å²) in [6.45, 7) is 0.902. The number of fused-ring (bicyclic) bond motifs is 1. The Hall–Kier alpha value is -3.48. The number of amides is 1. The maximum atomic E-state index is 12.3. The molecule has 2 aromatic heterocycles. The van der Waals surface area contributed by atoms with Gasteiger partial charge >= 0.3 is 0 Å². The first kappa shape index (κ1) is 16.0. The molecule has 0 aliphatic rings. The van der Waals surface area contributed by atoms with Crippen molar-refractivity contribution < 1.29 is 4.79 Å². The number of imidazole rings is 1. The number of carbonyl (C=O) groups is 1. The first-order valence-corrected chi connectivity index (χ1v) is 8.32. The van der Waals surface area contributed by atoms with Gasteiger partial charge < -0.3 is 9.88 Å². The van der Waals surface area contributed by atoms with Crippen LogP contribution >= 0.6 is 0 Å². The van der Waals surface area contributed by atoms with Crippen molar-refractivity contribution in [3.8, 4) is 0 Å². The van der Waals surface area contributed by atoms with Crippen molar-refractivity contribution in [1.82, 2.24) is 29.9 Å². The first-order chi connectivity index (χ1) is 12.7. The second-order valence-electron chi connectivity index (χ2n) is 6.08. The Bertz CT molecular complexity index is 1060. The molecule has 1 N–H and O–H groups in total. The third kappa shape index (κ3) is 3.19. The van der Waals surface area contributed by atoms with E-state index in [1.54, 1.807) is 17.1 Å². The Morgan fingerprint density at radius 2 is 2.00 bits per heavy atom. The smallest absolute Gasteiger partial charge is 0.273 e. The van der Waals surface area contributed by atoms with Crippen molar-refractivity contribution in [3.05, 3.63) is 78.1 Å². The van der Waals surface area contributed by atoms with Crippen LogP contribution in [0, 0.1) is 0 Å². The predicted octanol–water partition coefficient (Wildman–Crippen LogP) is 2.14. The summed E-state index contributed by atoms with van der Waals surface area (Å²) in [5.41, 5.74) is 1.42. The number of carbonyl (C=O) groups excluding carboxylic acids is 1. The standard InChI is InChI=1S/C19H18N6O/c1-24-10-9-20-18(24)11-21-19(26)17-13-25(23-22-17)12-15-7-4-6-14-5-2-3-8-16(14)15/h2-10,13H,11-12H2,1H3,(H,21,26). The number of aromatic nitrogens is 5. The van der Waals surface area contributed by atoms with Crippen LogP contribution in [-0.2, 0) is 20.1 Å². The Labute approximate surface area is 150 Å². The Balaban J connectivity index is 1.47.